The molecule has 4 nitrogen and oxygen atoms in total. The van der Waals surface area contributed by atoms with Gasteiger partial charge in [-0.3, -0.25) is 4.90 Å². The summed E-state index contributed by atoms with van der Waals surface area (Å²) in [5.74, 6) is 0.781. The van der Waals surface area contributed by atoms with Gasteiger partial charge in [-0.15, -0.1) is 0 Å². The van der Waals surface area contributed by atoms with Crippen LogP contribution in [-0.4, -0.2) is 43.5 Å². The van der Waals surface area contributed by atoms with Gasteiger partial charge >= 0.3 is 0 Å². The van der Waals surface area contributed by atoms with Crippen molar-refractivity contribution in [2.45, 2.75) is 12.8 Å². The normalized spacial score (nSPS) is 19.0. The molecular formula is C11H17N3OS. The third kappa shape index (κ3) is 3.68. The number of hydrogen-bond acceptors (Lipinski definition) is 5. The van der Waals surface area contributed by atoms with Crippen LogP contribution in [0, 0.1) is 28.1 Å². The van der Waals surface area contributed by atoms with Crippen LogP contribution in [0.4, 0.5) is 0 Å². The van der Waals surface area contributed by atoms with Crippen LogP contribution in [0.5, 0.6) is 0 Å². The summed E-state index contributed by atoms with van der Waals surface area (Å²) in [5.41, 5.74) is 0.106. The molecular weight excluding hydrogens is 222 g/mol. The summed E-state index contributed by atoms with van der Waals surface area (Å²) >= 11 is 4.41. The molecule has 0 aliphatic carbocycles. The Balaban J connectivity index is 2.59. The molecule has 0 spiro atoms. The maximum Gasteiger partial charge on any atom is 0.0874 e. The van der Waals surface area contributed by atoms with Crippen molar-refractivity contribution in [1.82, 2.24) is 4.90 Å². The van der Waals surface area contributed by atoms with Gasteiger partial charge in [0.05, 0.1) is 25.2 Å². The first kappa shape index (κ1) is 13.3. The van der Waals surface area contributed by atoms with E-state index in [4.69, 9.17) is 15.3 Å². The fourth-order valence-electron chi connectivity index (χ4n) is 2.01. The van der Waals surface area contributed by atoms with Crippen LogP contribution >= 0.6 is 12.6 Å². The molecule has 1 heterocycles. The molecule has 1 aliphatic rings. The Morgan fingerprint density at radius 2 is 1.75 bits per heavy atom. The monoisotopic (exact) mass is 239 g/mol. The average Bonchev–Trinajstić information content (AvgIpc) is 2.31. The number of rotatable bonds is 5. The van der Waals surface area contributed by atoms with E-state index in [1.807, 2.05) is 4.90 Å². The van der Waals surface area contributed by atoms with E-state index in [0.717, 1.165) is 38.4 Å². The van der Waals surface area contributed by atoms with Crippen molar-refractivity contribution >= 4 is 12.6 Å². The SMILES string of the molecule is N#CCN(CC#N)CC1(CS)CCOCC1. The maximum absolute atomic E-state index is 8.70. The Morgan fingerprint density at radius 1 is 1.19 bits per heavy atom. The highest BCUT2D eigenvalue weighted by atomic mass is 32.1. The molecule has 1 fully saturated rings. The molecule has 0 amide bonds. The fraction of sp³-hybridized carbons (Fsp3) is 0.818. The Hall–Kier alpha value is -0.750. The van der Waals surface area contributed by atoms with Crippen LogP contribution in [0.3, 0.4) is 0 Å². The van der Waals surface area contributed by atoms with E-state index >= 15 is 0 Å². The average molecular weight is 239 g/mol. The largest absolute Gasteiger partial charge is 0.381 e. The highest BCUT2D eigenvalue weighted by molar-refractivity contribution is 7.80. The molecule has 0 bridgehead atoms. The molecule has 0 radical (unpaired) electrons. The second kappa shape index (κ2) is 6.75. The van der Waals surface area contributed by atoms with E-state index in [9.17, 15) is 0 Å². The fourth-order valence-corrected chi connectivity index (χ4v) is 2.43. The summed E-state index contributed by atoms with van der Waals surface area (Å²) in [4.78, 5) is 1.89. The number of hydrogen-bond donors (Lipinski definition) is 1. The summed E-state index contributed by atoms with van der Waals surface area (Å²) in [6, 6.07) is 4.20. The lowest BCUT2D eigenvalue weighted by molar-refractivity contribution is 0.0115. The summed E-state index contributed by atoms with van der Waals surface area (Å²) in [6.07, 6.45) is 1.92. The molecule has 0 atom stereocenters. The molecule has 0 aromatic rings. The molecule has 16 heavy (non-hydrogen) atoms. The zero-order valence-electron chi connectivity index (χ0n) is 9.35. The smallest absolute Gasteiger partial charge is 0.0874 e. The Kier molecular flexibility index (Phi) is 5.62. The highest BCUT2D eigenvalue weighted by Crippen LogP contribution is 2.32. The van der Waals surface area contributed by atoms with E-state index in [1.54, 1.807) is 0 Å². The molecule has 0 N–H and O–H groups in total. The number of nitriles is 2. The molecule has 0 saturated carbocycles. The quantitative estimate of drug-likeness (QED) is 0.576. The number of thiol groups is 1. The molecule has 88 valence electrons. The summed E-state index contributed by atoms with van der Waals surface area (Å²) in [7, 11) is 0. The van der Waals surface area contributed by atoms with Crippen LogP contribution in [0.1, 0.15) is 12.8 Å². The van der Waals surface area contributed by atoms with Gasteiger partial charge < -0.3 is 4.74 Å². The molecule has 0 aromatic heterocycles. The van der Waals surface area contributed by atoms with E-state index in [1.165, 1.54) is 0 Å². The first-order valence-corrected chi connectivity index (χ1v) is 6.04. The van der Waals surface area contributed by atoms with E-state index in [2.05, 4.69) is 24.8 Å². The summed E-state index contributed by atoms with van der Waals surface area (Å²) in [6.45, 7) is 2.90. The maximum atomic E-state index is 8.70. The summed E-state index contributed by atoms with van der Waals surface area (Å²) < 4.78 is 5.35. The second-order valence-corrected chi connectivity index (χ2v) is 4.55. The molecule has 0 unspecified atom stereocenters. The van der Waals surface area contributed by atoms with Crippen LogP contribution < -0.4 is 0 Å². The van der Waals surface area contributed by atoms with Crippen molar-refractivity contribution in [3.05, 3.63) is 0 Å². The van der Waals surface area contributed by atoms with Crippen molar-refractivity contribution in [3.63, 3.8) is 0 Å². The zero-order chi connectivity index (χ0) is 11.9. The molecule has 5 heteroatoms. The van der Waals surface area contributed by atoms with Crippen molar-refractivity contribution in [2.75, 3.05) is 38.6 Å². The molecule has 1 aliphatic heterocycles. The standard InChI is InChI=1S/C11H17N3OS/c12-3-5-14(6-4-13)9-11(10-16)1-7-15-8-2-11/h16H,1-2,5-10H2. The van der Waals surface area contributed by atoms with Gasteiger partial charge in [0.15, 0.2) is 0 Å². The first-order chi connectivity index (χ1) is 7.76. The number of nitrogens with zero attached hydrogens (tertiary/aromatic N) is 3. The van der Waals surface area contributed by atoms with E-state index < -0.39 is 0 Å². The number of ether oxygens (including phenoxy) is 1. The Labute approximate surface area is 102 Å². The van der Waals surface area contributed by atoms with Crippen LogP contribution in [0.25, 0.3) is 0 Å². The van der Waals surface area contributed by atoms with Gasteiger partial charge in [-0.1, -0.05) is 0 Å². The van der Waals surface area contributed by atoms with Gasteiger partial charge in [0.25, 0.3) is 0 Å². The third-order valence-corrected chi connectivity index (χ3v) is 3.71. The predicted octanol–water partition coefficient (Wildman–Crippen LogP) is 1.06. The van der Waals surface area contributed by atoms with Crippen molar-refractivity contribution in [1.29, 1.82) is 10.5 Å². The lowest BCUT2D eigenvalue weighted by atomic mass is 9.81. The molecule has 0 aromatic carbocycles. The van der Waals surface area contributed by atoms with Gasteiger partial charge in [0.1, 0.15) is 0 Å². The highest BCUT2D eigenvalue weighted by Gasteiger charge is 2.33. The van der Waals surface area contributed by atoms with Crippen molar-refractivity contribution in [3.8, 4) is 12.1 Å². The summed E-state index contributed by atoms with van der Waals surface area (Å²) in [5, 5.41) is 17.4. The van der Waals surface area contributed by atoms with Gasteiger partial charge in [-0.05, 0) is 24.0 Å². The van der Waals surface area contributed by atoms with Gasteiger partial charge in [0, 0.05) is 19.8 Å². The van der Waals surface area contributed by atoms with Crippen molar-refractivity contribution < 1.29 is 4.74 Å². The zero-order valence-corrected chi connectivity index (χ0v) is 10.2. The lowest BCUT2D eigenvalue weighted by Crippen LogP contribution is -2.43. The van der Waals surface area contributed by atoms with E-state index in [0.29, 0.717) is 13.1 Å². The second-order valence-electron chi connectivity index (χ2n) is 4.23. The van der Waals surface area contributed by atoms with Crippen LogP contribution in [-0.2, 0) is 4.74 Å². The molecule has 1 saturated heterocycles. The Bertz CT molecular complexity index is 273. The minimum atomic E-state index is 0.106. The minimum absolute atomic E-state index is 0.106. The minimum Gasteiger partial charge on any atom is -0.381 e. The Morgan fingerprint density at radius 3 is 2.19 bits per heavy atom. The van der Waals surface area contributed by atoms with Crippen LogP contribution in [0.15, 0.2) is 0 Å². The molecule has 1 rings (SSSR count). The van der Waals surface area contributed by atoms with E-state index in [-0.39, 0.29) is 5.41 Å². The topological polar surface area (TPSA) is 60.0 Å². The van der Waals surface area contributed by atoms with Crippen LogP contribution in [0.2, 0.25) is 0 Å². The van der Waals surface area contributed by atoms with Gasteiger partial charge in [0.2, 0.25) is 0 Å². The first-order valence-electron chi connectivity index (χ1n) is 5.41. The van der Waals surface area contributed by atoms with Gasteiger partial charge in [-0.2, -0.15) is 23.2 Å². The van der Waals surface area contributed by atoms with Gasteiger partial charge in [-0.25, -0.2) is 0 Å². The predicted molar refractivity (Wildman–Crippen MR) is 64.0 cm³/mol. The lowest BCUT2D eigenvalue weighted by Gasteiger charge is -2.38. The third-order valence-electron chi connectivity index (χ3n) is 3.04. The van der Waals surface area contributed by atoms with Crippen molar-refractivity contribution in [2.24, 2.45) is 5.41 Å².